The molecule has 1 atom stereocenters. The van der Waals surface area contributed by atoms with Crippen LogP contribution in [0.25, 0.3) is 10.8 Å². The Bertz CT molecular complexity index is 929. The molecule has 7 heteroatoms. The summed E-state index contributed by atoms with van der Waals surface area (Å²) < 4.78 is 5.48. The van der Waals surface area contributed by atoms with E-state index in [0.717, 1.165) is 17.7 Å². The zero-order valence-electron chi connectivity index (χ0n) is 13.5. The minimum Gasteiger partial charge on any atom is -0.444 e. The summed E-state index contributed by atoms with van der Waals surface area (Å²) in [5.74, 6) is 0.507. The molecule has 0 saturated carbocycles. The number of pyridine rings is 1. The van der Waals surface area contributed by atoms with Gasteiger partial charge in [0.25, 0.3) is 5.56 Å². The lowest BCUT2D eigenvalue weighted by molar-refractivity contribution is -0.131. The molecule has 1 amide bonds. The molecule has 1 fully saturated rings. The highest BCUT2D eigenvalue weighted by Gasteiger charge is 2.31. The second kappa shape index (κ2) is 6.68. The summed E-state index contributed by atoms with van der Waals surface area (Å²) in [6.07, 6.45) is 5.01. The molecule has 0 aromatic carbocycles. The van der Waals surface area contributed by atoms with Crippen molar-refractivity contribution in [2.45, 2.75) is 25.3 Å². The van der Waals surface area contributed by atoms with E-state index in [4.69, 9.17) is 4.42 Å². The Labute approximate surface area is 148 Å². The Morgan fingerprint density at radius 3 is 3.12 bits per heavy atom. The first-order valence-electron chi connectivity index (χ1n) is 8.18. The number of carbonyl (C=O) groups excluding carboxylic acids is 1. The smallest absolute Gasteiger partial charge is 0.253 e. The SMILES string of the molecule is O=C(Cc1coc(-c2cccs2)n1)N1CCCC1c1ccc[nH]c1=O. The maximum Gasteiger partial charge on any atom is 0.253 e. The fourth-order valence-corrected chi connectivity index (χ4v) is 3.90. The van der Waals surface area contributed by atoms with Gasteiger partial charge in [-0.15, -0.1) is 11.3 Å². The Morgan fingerprint density at radius 2 is 2.32 bits per heavy atom. The number of hydrogen-bond acceptors (Lipinski definition) is 5. The summed E-state index contributed by atoms with van der Waals surface area (Å²) in [5, 5.41) is 1.95. The van der Waals surface area contributed by atoms with E-state index in [-0.39, 0.29) is 23.9 Å². The van der Waals surface area contributed by atoms with Gasteiger partial charge in [-0.05, 0) is 36.4 Å². The molecule has 0 bridgehead atoms. The molecule has 4 heterocycles. The van der Waals surface area contributed by atoms with E-state index < -0.39 is 0 Å². The topological polar surface area (TPSA) is 79.2 Å². The van der Waals surface area contributed by atoms with Gasteiger partial charge in [-0.2, -0.15) is 0 Å². The summed E-state index contributed by atoms with van der Waals surface area (Å²) in [6.45, 7) is 0.660. The van der Waals surface area contributed by atoms with Gasteiger partial charge in [0.05, 0.1) is 23.0 Å². The largest absolute Gasteiger partial charge is 0.444 e. The standard InChI is InChI=1S/C18H17N3O3S/c22-16(10-12-11-24-18(20-12)15-6-3-9-25-15)21-8-2-5-14(21)13-4-1-7-19-17(13)23/h1,3-4,6-7,9,11,14H,2,5,8,10H2,(H,19,23). The molecule has 0 aliphatic carbocycles. The maximum atomic E-state index is 12.7. The fourth-order valence-electron chi connectivity index (χ4n) is 3.24. The third-order valence-corrected chi connectivity index (χ3v) is 5.25. The van der Waals surface area contributed by atoms with Crippen LogP contribution in [0.3, 0.4) is 0 Å². The average Bonchev–Trinajstić information content (AvgIpc) is 3.36. The first-order chi connectivity index (χ1) is 12.2. The number of hydrogen-bond donors (Lipinski definition) is 1. The number of carbonyl (C=O) groups is 1. The molecule has 0 spiro atoms. The van der Waals surface area contributed by atoms with Crippen molar-refractivity contribution < 1.29 is 9.21 Å². The maximum absolute atomic E-state index is 12.7. The molecular formula is C18H17N3O3S. The van der Waals surface area contributed by atoms with Crippen molar-refractivity contribution in [2.75, 3.05) is 6.54 Å². The summed E-state index contributed by atoms with van der Waals surface area (Å²) in [4.78, 5) is 34.6. The van der Waals surface area contributed by atoms with E-state index in [1.807, 2.05) is 17.5 Å². The van der Waals surface area contributed by atoms with Gasteiger partial charge in [0.1, 0.15) is 6.26 Å². The van der Waals surface area contributed by atoms with Crippen LogP contribution < -0.4 is 5.56 Å². The van der Waals surface area contributed by atoms with E-state index in [0.29, 0.717) is 23.7 Å². The van der Waals surface area contributed by atoms with E-state index in [1.165, 1.54) is 6.26 Å². The predicted molar refractivity (Wildman–Crippen MR) is 94.3 cm³/mol. The first-order valence-corrected chi connectivity index (χ1v) is 9.05. The zero-order valence-corrected chi connectivity index (χ0v) is 14.3. The molecule has 25 heavy (non-hydrogen) atoms. The Hall–Kier alpha value is -2.67. The molecule has 4 rings (SSSR count). The molecule has 0 radical (unpaired) electrons. The van der Waals surface area contributed by atoms with Crippen molar-refractivity contribution in [3.8, 4) is 10.8 Å². The van der Waals surface area contributed by atoms with Crippen LogP contribution in [0.1, 0.15) is 30.1 Å². The molecule has 6 nitrogen and oxygen atoms in total. The lowest BCUT2D eigenvalue weighted by Gasteiger charge is -2.24. The number of nitrogens with zero attached hydrogens (tertiary/aromatic N) is 2. The van der Waals surface area contributed by atoms with E-state index >= 15 is 0 Å². The zero-order chi connectivity index (χ0) is 17.2. The number of oxazole rings is 1. The number of amides is 1. The number of rotatable bonds is 4. The highest BCUT2D eigenvalue weighted by Crippen LogP contribution is 2.31. The minimum atomic E-state index is -0.166. The van der Waals surface area contributed by atoms with Crippen LogP contribution in [-0.4, -0.2) is 27.3 Å². The second-order valence-electron chi connectivity index (χ2n) is 6.00. The number of aromatic nitrogens is 2. The van der Waals surface area contributed by atoms with Gasteiger partial charge in [-0.3, -0.25) is 9.59 Å². The number of likely N-dealkylation sites (tertiary alicyclic amines) is 1. The van der Waals surface area contributed by atoms with Gasteiger partial charge in [-0.1, -0.05) is 6.07 Å². The third kappa shape index (κ3) is 3.15. The van der Waals surface area contributed by atoms with Crippen molar-refractivity contribution in [3.63, 3.8) is 0 Å². The predicted octanol–water partition coefficient (Wildman–Crippen LogP) is 3.00. The summed E-state index contributed by atoms with van der Waals surface area (Å²) in [6, 6.07) is 7.28. The number of aromatic amines is 1. The molecule has 1 saturated heterocycles. The average molecular weight is 355 g/mol. The summed E-state index contributed by atoms with van der Waals surface area (Å²) in [7, 11) is 0. The molecule has 1 aliphatic heterocycles. The highest BCUT2D eigenvalue weighted by atomic mass is 32.1. The van der Waals surface area contributed by atoms with Crippen molar-refractivity contribution in [3.05, 3.63) is 63.7 Å². The van der Waals surface area contributed by atoms with Crippen LogP contribution in [0.2, 0.25) is 0 Å². The molecule has 3 aromatic heterocycles. The van der Waals surface area contributed by atoms with Gasteiger partial charge in [0, 0.05) is 18.3 Å². The van der Waals surface area contributed by atoms with E-state index in [2.05, 4.69) is 9.97 Å². The molecular weight excluding hydrogens is 338 g/mol. The fraction of sp³-hybridized carbons (Fsp3) is 0.278. The highest BCUT2D eigenvalue weighted by molar-refractivity contribution is 7.13. The number of thiophene rings is 1. The van der Waals surface area contributed by atoms with Crippen LogP contribution >= 0.6 is 11.3 Å². The van der Waals surface area contributed by atoms with Gasteiger partial charge in [-0.25, -0.2) is 4.98 Å². The van der Waals surface area contributed by atoms with Crippen molar-refractivity contribution in [1.29, 1.82) is 0 Å². The van der Waals surface area contributed by atoms with E-state index in [1.54, 1.807) is 34.6 Å². The van der Waals surface area contributed by atoms with Gasteiger partial charge < -0.3 is 14.3 Å². The first kappa shape index (κ1) is 15.8. The monoisotopic (exact) mass is 355 g/mol. The summed E-state index contributed by atoms with van der Waals surface area (Å²) in [5.41, 5.74) is 1.13. The van der Waals surface area contributed by atoms with Crippen LogP contribution in [0, 0.1) is 0 Å². The molecule has 1 N–H and O–H groups in total. The lowest BCUT2D eigenvalue weighted by atomic mass is 10.1. The van der Waals surface area contributed by atoms with E-state index in [9.17, 15) is 9.59 Å². The second-order valence-corrected chi connectivity index (χ2v) is 6.95. The molecule has 1 unspecified atom stereocenters. The van der Waals surface area contributed by atoms with Gasteiger partial charge in [0.15, 0.2) is 0 Å². The van der Waals surface area contributed by atoms with Crippen LogP contribution in [0.5, 0.6) is 0 Å². The van der Waals surface area contributed by atoms with Crippen LogP contribution in [0.4, 0.5) is 0 Å². The normalized spacial score (nSPS) is 17.1. The Kier molecular flexibility index (Phi) is 4.23. The van der Waals surface area contributed by atoms with Crippen molar-refractivity contribution in [1.82, 2.24) is 14.9 Å². The summed E-state index contributed by atoms with van der Waals surface area (Å²) >= 11 is 1.54. The van der Waals surface area contributed by atoms with Crippen LogP contribution in [0.15, 0.2) is 51.3 Å². The van der Waals surface area contributed by atoms with Gasteiger partial charge in [0.2, 0.25) is 11.8 Å². The quantitative estimate of drug-likeness (QED) is 0.780. The minimum absolute atomic E-state index is 0.0308. The third-order valence-electron chi connectivity index (χ3n) is 4.40. The van der Waals surface area contributed by atoms with Gasteiger partial charge >= 0.3 is 0 Å². The number of nitrogens with one attached hydrogen (secondary N) is 1. The Morgan fingerprint density at radius 1 is 1.40 bits per heavy atom. The Balaban J connectivity index is 1.51. The lowest BCUT2D eigenvalue weighted by Crippen LogP contribution is -2.34. The molecule has 1 aliphatic rings. The molecule has 128 valence electrons. The number of H-pyrrole nitrogens is 1. The van der Waals surface area contributed by atoms with Crippen molar-refractivity contribution in [2.24, 2.45) is 0 Å². The molecule has 3 aromatic rings. The van der Waals surface area contributed by atoms with Crippen molar-refractivity contribution >= 4 is 17.2 Å². The van der Waals surface area contributed by atoms with Crippen LogP contribution in [-0.2, 0) is 11.2 Å².